The third-order valence-corrected chi connectivity index (χ3v) is 5.38. The van der Waals surface area contributed by atoms with E-state index in [2.05, 4.69) is 20.5 Å². The molecule has 0 spiro atoms. The molecule has 0 unspecified atom stereocenters. The monoisotopic (exact) mass is 416 g/mol. The summed E-state index contributed by atoms with van der Waals surface area (Å²) in [6, 6.07) is 19.0. The smallest absolute Gasteiger partial charge is 0.234 e. The molecular formula is C22H20N6OS. The Kier molecular flexibility index (Phi) is 5.76. The van der Waals surface area contributed by atoms with E-state index in [1.165, 1.54) is 11.8 Å². The SMILES string of the molecule is Cc1ccc(N)cc1NC(=O)CSc1nnc(-c2ccncc2)n1-c1ccccc1. The van der Waals surface area contributed by atoms with E-state index in [4.69, 9.17) is 5.73 Å². The highest BCUT2D eigenvalue weighted by Crippen LogP contribution is 2.28. The van der Waals surface area contributed by atoms with Crippen molar-refractivity contribution in [2.24, 2.45) is 0 Å². The molecule has 3 N–H and O–H groups in total. The summed E-state index contributed by atoms with van der Waals surface area (Å²) in [6.45, 7) is 1.93. The molecule has 2 aromatic carbocycles. The summed E-state index contributed by atoms with van der Waals surface area (Å²) in [7, 11) is 0. The van der Waals surface area contributed by atoms with Gasteiger partial charge in [-0.05, 0) is 48.9 Å². The summed E-state index contributed by atoms with van der Waals surface area (Å²) in [5.41, 5.74) is 9.91. The lowest BCUT2D eigenvalue weighted by Crippen LogP contribution is -2.15. The topological polar surface area (TPSA) is 98.7 Å². The number of nitrogens with two attached hydrogens (primary N) is 1. The number of carbonyl (C=O) groups excluding carboxylic acids is 1. The third kappa shape index (κ3) is 4.33. The highest BCUT2D eigenvalue weighted by molar-refractivity contribution is 7.99. The molecule has 2 aromatic heterocycles. The molecule has 7 nitrogen and oxygen atoms in total. The average Bonchev–Trinajstić information content (AvgIpc) is 3.20. The van der Waals surface area contributed by atoms with Crippen molar-refractivity contribution in [3.8, 4) is 17.1 Å². The first-order valence-electron chi connectivity index (χ1n) is 9.32. The van der Waals surface area contributed by atoms with E-state index in [1.54, 1.807) is 18.5 Å². The number of carbonyl (C=O) groups is 1. The van der Waals surface area contributed by atoms with Crippen molar-refractivity contribution in [3.63, 3.8) is 0 Å². The zero-order valence-corrected chi connectivity index (χ0v) is 17.1. The number of nitrogens with one attached hydrogen (secondary N) is 1. The fourth-order valence-electron chi connectivity index (χ4n) is 2.95. The number of para-hydroxylation sites is 1. The van der Waals surface area contributed by atoms with Crippen molar-refractivity contribution in [2.75, 3.05) is 16.8 Å². The van der Waals surface area contributed by atoms with Gasteiger partial charge in [0.05, 0.1) is 5.75 Å². The van der Waals surface area contributed by atoms with Gasteiger partial charge in [-0.1, -0.05) is 36.0 Å². The molecule has 0 radical (unpaired) electrons. The first-order chi connectivity index (χ1) is 14.6. The van der Waals surface area contributed by atoms with Gasteiger partial charge < -0.3 is 11.1 Å². The van der Waals surface area contributed by atoms with Crippen molar-refractivity contribution in [1.29, 1.82) is 0 Å². The largest absolute Gasteiger partial charge is 0.399 e. The van der Waals surface area contributed by atoms with Gasteiger partial charge in [-0.3, -0.25) is 14.3 Å². The van der Waals surface area contributed by atoms with Gasteiger partial charge in [0.2, 0.25) is 5.91 Å². The number of benzene rings is 2. The van der Waals surface area contributed by atoms with Crippen LogP contribution < -0.4 is 11.1 Å². The van der Waals surface area contributed by atoms with Crippen molar-refractivity contribution in [2.45, 2.75) is 12.1 Å². The summed E-state index contributed by atoms with van der Waals surface area (Å²) < 4.78 is 1.94. The lowest BCUT2D eigenvalue weighted by atomic mass is 10.2. The number of pyridine rings is 1. The van der Waals surface area contributed by atoms with Gasteiger partial charge in [0.15, 0.2) is 11.0 Å². The summed E-state index contributed by atoms with van der Waals surface area (Å²) in [6.07, 6.45) is 3.43. The fourth-order valence-corrected chi connectivity index (χ4v) is 3.70. The van der Waals surface area contributed by atoms with Gasteiger partial charge in [0, 0.05) is 35.0 Å². The zero-order chi connectivity index (χ0) is 20.9. The predicted molar refractivity (Wildman–Crippen MR) is 120 cm³/mol. The van der Waals surface area contributed by atoms with Gasteiger partial charge in [0.25, 0.3) is 0 Å². The molecular weight excluding hydrogens is 396 g/mol. The number of hydrogen-bond donors (Lipinski definition) is 2. The lowest BCUT2D eigenvalue weighted by Gasteiger charge is -2.11. The lowest BCUT2D eigenvalue weighted by molar-refractivity contribution is -0.113. The van der Waals surface area contributed by atoms with Crippen LogP contribution in [0.15, 0.2) is 78.2 Å². The van der Waals surface area contributed by atoms with Crippen LogP contribution in [0.4, 0.5) is 11.4 Å². The van der Waals surface area contributed by atoms with Crippen LogP contribution in [0.1, 0.15) is 5.56 Å². The third-order valence-electron chi connectivity index (χ3n) is 4.45. The van der Waals surface area contributed by atoms with Crippen LogP contribution in [0.25, 0.3) is 17.1 Å². The normalized spacial score (nSPS) is 10.7. The molecule has 0 aliphatic carbocycles. The minimum Gasteiger partial charge on any atom is -0.399 e. The average molecular weight is 417 g/mol. The molecule has 0 saturated heterocycles. The Morgan fingerprint density at radius 1 is 1.07 bits per heavy atom. The van der Waals surface area contributed by atoms with E-state index in [9.17, 15) is 4.79 Å². The van der Waals surface area contributed by atoms with Crippen molar-refractivity contribution < 1.29 is 4.79 Å². The van der Waals surface area contributed by atoms with Gasteiger partial charge in [-0.25, -0.2) is 0 Å². The van der Waals surface area contributed by atoms with E-state index in [0.29, 0.717) is 22.4 Å². The number of hydrogen-bond acceptors (Lipinski definition) is 6. The molecule has 0 fully saturated rings. The standard InChI is InChI=1S/C22H20N6OS/c1-15-7-8-17(23)13-19(15)25-20(29)14-30-22-27-26-21(16-9-11-24-12-10-16)28(22)18-5-3-2-4-6-18/h2-13H,14,23H2,1H3,(H,25,29). The molecule has 0 saturated carbocycles. The molecule has 4 rings (SSSR count). The Morgan fingerprint density at radius 3 is 2.60 bits per heavy atom. The molecule has 30 heavy (non-hydrogen) atoms. The van der Waals surface area contributed by atoms with Crippen molar-refractivity contribution in [3.05, 3.63) is 78.6 Å². The molecule has 0 aliphatic rings. The summed E-state index contributed by atoms with van der Waals surface area (Å²) >= 11 is 1.33. The van der Waals surface area contributed by atoms with E-state index < -0.39 is 0 Å². The molecule has 0 aliphatic heterocycles. The number of nitrogens with zero attached hydrogens (tertiary/aromatic N) is 4. The van der Waals surface area contributed by atoms with E-state index in [0.717, 1.165) is 16.8 Å². The Hall–Kier alpha value is -3.65. The van der Waals surface area contributed by atoms with Crippen molar-refractivity contribution in [1.82, 2.24) is 19.7 Å². The number of rotatable bonds is 6. The van der Waals surface area contributed by atoms with E-state index in [-0.39, 0.29) is 11.7 Å². The number of anilines is 2. The molecule has 150 valence electrons. The van der Waals surface area contributed by atoms with E-state index >= 15 is 0 Å². The highest BCUT2D eigenvalue weighted by atomic mass is 32.2. The summed E-state index contributed by atoms with van der Waals surface area (Å²) in [4.78, 5) is 16.6. The van der Waals surface area contributed by atoms with E-state index in [1.807, 2.05) is 66.1 Å². The Balaban J connectivity index is 1.58. The van der Waals surface area contributed by atoms with Gasteiger partial charge >= 0.3 is 0 Å². The summed E-state index contributed by atoms with van der Waals surface area (Å²) in [5.74, 6) is 0.746. The maximum Gasteiger partial charge on any atom is 0.234 e. The molecule has 1 amide bonds. The number of thioether (sulfide) groups is 1. The maximum atomic E-state index is 12.5. The Morgan fingerprint density at radius 2 is 1.83 bits per heavy atom. The molecule has 0 bridgehead atoms. The first-order valence-corrected chi connectivity index (χ1v) is 10.3. The Bertz CT molecular complexity index is 1160. The fraction of sp³-hybridized carbons (Fsp3) is 0.0909. The quantitative estimate of drug-likeness (QED) is 0.365. The molecule has 0 atom stereocenters. The van der Waals surface area contributed by atoms with Crippen LogP contribution in [0.5, 0.6) is 0 Å². The molecule has 4 aromatic rings. The number of nitrogen functional groups attached to an aromatic ring is 1. The van der Waals surface area contributed by atoms with Gasteiger partial charge in [-0.15, -0.1) is 10.2 Å². The van der Waals surface area contributed by atoms with Gasteiger partial charge in [-0.2, -0.15) is 0 Å². The van der Waals surface area contributed by atoms with Crippen LogP contribution in [0.2, 0.25) is 0 Å². The van der Waals surface area contributed by atoms with Crippen LogP contribution in [0, 0.1) is 6.92 Å². The second-order valence-electron chi connectivity index (χ2n) is 6.62. The highest BCUT2D eigenvalue weighted by Gasteiger charge is 2.17. The predicted octanol–water partition coefficient (Wildman–Crippen LogP) is 3.95. The first kappa shape index (κ1) is 19.7. The minimum absolute atomic E-state index is 0.137. The van der Waals surface area contributed by atoms with Crippen molar-refractivity contribution >= 4 is 29.0 Å². The summed E-state index contributed by atoms with van der Waals surface area (Å²) in [5, 5.41) is 12.2. The maximum absolute atomic E-state index is 12.5. The Labute approximate surface area is 178 Å². The number of aromatic nitrogens is 4. The zero-order valence-electron chi connectivity index (χ0n) is 16.3. The number of amides is 1. The molecule has 8 heteroatoms. The molecule has 2 heterocycles. The minimum atomic E-state index is -0.137. The van der Waals surface area contributed by atoms with Crippen LogP contribution in [-0.4, -0.2) is 31.4 Å². The van der Waals surface area contributed by atoms with Crippen LogP contribution in [-0.2, 0) is 4.79 Å². The van der Waals surface area contributed by atoms with Crippen LogP contribution in [0.3, 0.4) is 0 Å². The second-order valence-corrected chi connectivity index (χ2v) is 7.57. The van der Waals surface area contributed by atoms with Gasteiger partial charge in [0.1, 0.15) is 0 Å². The van der Waals surface area contributed by atoms with Crippen LogP contribution >= 0.6 is 11.8 Å². The second kappa shape index (κ2) is 8.79. The number of aryl methyl sites for hydroxylation is 1.